The number of imidazole rings is 1. The highest BCUT2D eigenvalue weighted by Crippen LogP contribution is 2.28. The van der Waals surface area contributed by atoms with Crippen molar-refractivity contribution in [2.45, 2.75) is 39.0 Å². The van der Waals surface area contributed by atoms with E-state index in [9.17, 15) is 14.7 Å². The molecule has 0 aliphatic heterocycles. The van der Waals surface area contributed by atoms with Crippen LogP contribution in [0.15, 0.2) is 30.4 Å². The van der Waals surface area contributed by atoms with E-state index < -0.39 is 17.8 Å². The molecule has 0 saturated heterocycles. The van der Waals surface area contributed by atoms with Gasteiger partial charge in [-0.1, -0.05) is 32.9 Å². The highest BCUT2D eigenvalue weighted by molar-refractivity contribution is 5.96. The summed E-state index contributed by atoms with van der Waals surface area (Å²) in [6.07, 6.45) is 4.54. The maximum absolute atomic E-state index is 12.5. The summed E-state index contributed by atoms with van der Waals surface area (Å²) in [6.45, 7) is 6.24. The molecule has 0 bridgehead atoms. The van der Waals surface area contributed by atoms with Gasteiger partial charge in [0.05, 0.1) is 22.9 Å². The minimum absolute atomic E-state index is 0.0917. The first-order valence-corrected chi connectivity index (χ1v) is 8.44. The van der Waals surface area contributed by atoms with Crippen molar-refractivity contribution in [3.63, 3.8) is 0 Å². The molecule has 3 rings (SSSR count). The van der Waals surface area contributed by atoms with E-state index in [2.05, 4.69) is 36.1 Å². The third-order valence-corrected chi connectivity index (χ3v) is 4.55. The molecule has 1 aromatic carbocycles. The lowest BCUT2D eigenvalue weighted by Crippen LogP contribution is -2.34. The van der Waals surface area contributed by atoms with Crippen molar-refractivity contribution < 1.29 is 14.7 Å². The average Bonchev–Trinajstić information content (AvgIpc) is 2.98. The van der Waals surface area contributed by atoms with Crippen molar-refractivity contribution in [2.75, 3.05) is 5.32 Å². The van der Waals surface area contributed by atoms with Gasteiger partial charge in [0.25, 0.3) is 0 Å². The molecule has 0 unspecified atom stereocenters. The number of carboxylic acid groups (broad SMARTS) is 1. The molecule has 0 radical (unpaired) electrons. The van der Waals surface area contributed by atoms with E-state index in [1.165, 1.54) is 0 Å². The smallest absolute Gasteiger partial charge is 0.307 e. The fourth-order valence-corrected chi connectivity index (χ4v) is 3.05. The van der Waals surface area contributed by atoms with Gasteiger partial charge in [0.2, 0.25) is 5.91 Å². The van der Waals surface area contributed by atoms with Crippen LogP contribution in [0.4, 0.5) is 5.69 Å². The Kier molecular flexibility index (Phi) is 4.37. The van der Waals surface area contributed by atoms with Gasteiger partial charge in [-0.25, -0.2) is 4.98 Å². The minimum Gasteiger partial charge on any atom is -0.481 e. The van der Waals surface area contributed by atoms with Crippen molar-refractivity contribution in [3.8, 4) is 0 Å². The van der Waals surface area contributed by atoms with Crippen LogP contribution in [-0.2, 0) is 15.0 Å². The zero-order valence-electron chi connectivity index (χ0n) is 14.7. The highest BCUT2D eigenvalue weighted by Gasteiger charge is 2.34. The Bertz CT molecular complexity index is 845. The van der Waals surface area contributed by atoms with Gasteiger partial charge in [-0.05, 0) is 31.0 Å². The molecular weight excluding hydrogens is 318 g/mol. The number of carbonyl (C=O) groups is 2. The number of rotatable bonds is 3. The Balaban J connectivity index is 1.81. The number of allylic oxidation sites excluding steroid dienone is 2. The SMILES string of the molecule is CC(C)(C)c1nc2ccc(NC(=O)[C@H]3CC=CC[C@H]3C(=O)O)cc2[nH]1. The molecule has 1 aromatic heterocycles. The number of H-pyrrole nitrogens is 1. The first-order chi connectivity index (χ1) is 11.8. The van der Waals surface area contributed by atoms with E-state index in [0.29, 0.717) is 18.5 Å². The zero-order valence-corrected chi connectivity index (χ0v) is 14.7. The number of hydrogen-bond donors (Lipinski definition) is 3. The molecule has 1 aliphatic carbocycles. The number of nitrogens with zero attached hydrogens (tertiary/aromatic N) is 1. The van der Waals surface area contributed by atoms with E-state index in [1.807, 2.05) is 24.3 Å². The quantitative estimate of drug-likeness (QED) is 0.745. The molecule has 1 amide bonds. The number of aromatic nitrogens is 2. The summed E-state index contributed by atoms with van der Waals surface area (Å²) >= 11 is 0. The van der Waals surface area contributed by atoms with E-state index in [0.717, 1.165) is 16.9 Å². The largest absolute Gasteiger partial charge is 0.481 e. The van der Waals surface area contributed by atoms with Crippen molar-refractivity contribution in [3.05, 3.63) is 36.2 Å². The molecule has 0 spiro atoms. The predicted molar refractivity (Wildman–Crippen MR) is 96.4 cm³/mol. The standard InChI is InChI=1S/C19H23N3O3/c1-19(2,3)18-21-14-9-8-11(10-15(14)22-18)20-16(23)12-6-4-5-7-13(12)17(24)25/h4-5,8-10,12-13H,6-7H2,1-3H3,(H,20,23)(H,21,22)(H,24,25)/t12-,13+/m0/s1. The molecule has 1 aliphatic rings. The van der Waals surface area contributed by atoms with Crippen LogP contribution in [0.3, 0.4) is 0 Å². The second-order valence-corrected chi connectivity index (χ2v) is 7.55. The molecule has 2 aromatic rings. The first kappa shape index (κ1) is 17.2. The third kappa shape index (κ3) is 3.57. The van der Waals surface area contributed by atoms with Crippen LogP contribution >= 0.6 is 0 Å². The van der Waals surface area contributed by atoms with Crippen LogP contribution < -0.4 is 5.32 Å². The molecule has 25 heavy (non-hydrogen) atoms. The lowest BCUT2D eigenvalue weighted by molar-refractivity contribution is -0.146. The topological polar surface area (TPSA) is 95.1 Å². The van der Waals surface area contributed by atoms with E-state index >= 15 is 0 Å². The number of fused-ring (bicyclic) bond motifs is 1. The molecular formula is C19H23N3O3. The Morgan fingerprint density at radius 3 is 2.52 bits per heavy atom. The molecule has 6 heteroatoms. The van der Waals surface area contributed by atoms with E-state index in [4.69, 9.17) is 0 Å². The Morgan fingerprint density at radius 1 is 1.20 bits per heavy atom. The summed E-state index contributed by atoms with van der Waals surface area (Å²) in [5, 5.41) is 12.2. The number of amides is 1. The van der Waals surface area contributed by atoms with Crippen LogP contribution in [0.25, 0.3) is 11.0 Å². The summed E-state index contributed by atoms with van der Waals surface area (Å²) in [5.74, 6) is -1.53. The molecule has 0 saturated carbocycles. The second kappa shape index (κ2) is 6.35. The first-order valence-electron chi connectivity index (χ1n) is 8.44. The van der Waals surface area contributed by atoms with Crippen molar-refractivity contribution in [1.29, 1.82) is 0 Å². The number of carbonyl (C=O) groups excluding carboxylic acids is 1. The normalized spacial score (nSPS) is 20.6. The Hall–Kier alpha value is -2.63. The molecule has 0 fully saturated rings. The number of aliphatic carboxylic acids is 1. The van der Waals surface area contributed by atoms with Gasteiger partial charge in [-0.2, -0.15) is 0 Å². The lowest BCUT2D eigenvalue weighted by Gasteiger charge is -2.24. The predicted octanol–water partition coefficient (Wildman–Crippen LogP) is 3.47. The van der Waals surface area contributed by atoms with Crippen molar-refractivity contribution in [2.24, 2.45) is 11.8 Å². The summed E-state index contributed by atoms with van der Waals surface area (Å²) in [5.41, 5.74) is 2.24. The minimum atomic E-state index is -0.927. The third-order valence-electron chi connectivity index (χ3n) is 4.55. The summed E-state index contributed by atoms with van der Waals surface area (Å²) in [4.78, 5) is 31.8. The molecule has 6 nitrogen and oxygen atoms in total. The monoisotopic (exact) mass is 341 g/mol. The van der Waals surface area contributed by atoms with Crippen LogP contribution in [-0.4, -0.2) is 27.0 Å². The van der Waals surface area contributed by atoms with Crippen molar-refractivity contribution >= 4 is 28.6 Å². The number of anilines is 1. The zero-order chi connectivity index (χ0) is 18.2. The van der Waals surface area contributed by atoms with Gasteiger partial charge in [-0.3, -0.25) is 9.59 Å². The van der Waals surface area contributed by atoms with Gasteiger partial charge in [0.15, 0.2) is 0 Å². The molecule has 132 valence electrons. The molecule has 3 N–H and O–H groups in total. The lowest BCUT2D eigenvalue weighted by atomic mass is 9.82. The number of carboxylic acids is 1. The number of nitrogens with one attached hydrogen (secondary N) is 2. The Labute approximate surface area is 146 Å². The summed E-state index contributed by atoms with van der Waals surface area (Å²) in [6, 6.07) is 5.48. The fourth-order valence-electron chi connectivity index (χ4n) is 3.05. The Morgan fingerprint density at radius 2 is 1.88 bits per heavy atom. The number of aromatic amines is 1. The number of benzene rings is 1. The summed E-state index contributed by atoms with van der Waals surface area (Å²) < 4.78 is 0. The second-order valence-electron chi connectivity index (χ2n) is 7.55. The van der Waals surface area contributed by atoms with Crippen LogP contribution in [0, 0.1) is 11.8 Å². The average molecular weight is 341 g/mol. The highest BCUT2D eigenvalue weighted by atomic mass is 16.4. The van der Waals surface area contributed by atoms with Gasteiger partial charge < -0.3 is 15.4 Å². The van der Waals surface area contributed by atoms with Crippen LogP contribution in [0.1, 0.15) is 39.4 Å². The van der Waals surface area contributed by atoms with Gasteiger partial charge >= 0.3 is 5.97 Å². The van der Waals surface area contributed by atoms with Crippen LogP contribution in [0.5, 0.6) is 0 Å². The maximum atomic E-state index is 12.5. The van der Waals surface area contributed by atoms with E-state index in [-0.39, 0.29) is 11.3 Å². The van der Waals surface area contributed by atoms with Crippen LogP contribution in [0.2, 0.25) is 0 Å². The summed E-state index contributed by atoms with van der Waals surface area (Å²) in [7, 11) is 0. The molecule has 1 heterocycles. The number of hydrogen-bond acceptors (Lipinski definition) is 3. The molecule has 2 atom stereocenters. The fraction of sp³-hybridized carbons (Fsp3) is 0.421. The maximum Gasteiger partial charge on any atom is 0.307 e. The van der Waals surface area contributed by atoms with Gasteiger partial charge in [0.1, 0.15) is 5.82 Å². The van der Waals surface area contributed by atoms with Crippen molar-refractivity contribution in [1.82, 2.24) is 9.97 Å². The van der Waals surface area contributed by atoms with Gasteiger partial charge in [-0.15, -0.1) is 0 Å². The van der Waals surface area contributed by atoms with E-state index in [1.54, 1.807) is 6.07 Å². The van der Waals surface area contributed by atoms with Gasteiger partial charge in [0, 0.05) is 11.1 Å².